The Morgan fingerprint density at radius 1 is 0.920 bits per heavy atom. The van der Waals surface area contributed by atoms with E-state index in [1.54, 1.807) is 0 Å². The third-order valence-electron chi connectivity index (χ3n) is 4.71. The van der Waals surface area contributed by atoms with Crippen molar-refractivity contribution in [3.05, 3.63) is 58.4 Å². The van der Waals surface area contributed by atoms with E-state index in [0.717, 1.165) is 21.3 Å². The molecular weight excluding hydrogens is 334 g/mol. The highest BCUT2D eigenvalue weighted by Crippen LogP contribution is 2.22. The maximum atomic E-state index is 12.9. The Balaban J connectivity index is 1.49. The molecular formula is C19H19N3O2S. The van der Waals surface area contributed by atoms with Gasteiger partial charge in [0.05, 0.1) is 10.4 Å². The van der Waals surface area contributed by atoms with E-state index in [0.29, 0.717) is 26.2 Å². The molecule has 6 heteroatoms. The highest BCUT2D eigenvalue weighted by molar-refractivity contribution is 7.12. The Morgan fingerprint density at radius 2 is 1.60 bits per heavy atom. The zero-order chi connectivity index (χ0) is 17.4. The highest BCUT2D eigenvalue weighted by Gasteiger charge is 2.27. The lowest BCUT2D eigenvalue weighted by Crippen LogP contribution is -2.50. The fourth-order valence-corrected chi connectivity index (χ4v) is 4.04. The molecule has 25 heavy (non-hydrogen) atoms. The van der Waals surface area contributed by atoms with E-state index >= 15 is 0 Å². The second-order valence-corrected chi connectivity index (χ2v) is 7.18. The quantitative estimate of drug-likeness (QED) is 0.711. The van der Waals surface area contributed by atoms with Crippen molar-refractivity contribution < 1.29 is 9.59 Å². The van der Waals surface area contributed by atoms with Crippen LogP contribution in [0.2, 0.25) is 0 Å². The van der Waals surface area contributed by atoms with Crippen molar-refractivity contribution in [3.63, 3.8) is 0 Å². The van der Waals surface area contributed by atoms with Crippen LogP contribution in [0.3, 0.4) is 0 Å². The number of para-hydroxylation sites is 1. The van der Waals surface area contributed by atoms with Crippen LogP contribution in [0.1, 0.15) is 20.0 Å². The number of thiophene rings is 1. The number of amides is 2. The van der Waals surface area contributed by atoms with Crippen LogP contribution in [0.25, 0.3) is 10.9 Å². The maximum absolute atomic E-state index is 12.9. The zero-order valence-corrected chi connectivity index (χ0v) is 14.8. The van der Waals surface area contributed by atoms with Crippen LogP contribution in [0, 0.1) is 0 Å². The number of benzene rings is 1. The van der Waals surface area contributed by atoms with E-state index in [1.807, 2.05) is 69.4 Å². The number of carbonyl (C=O) groups is 2. The van der Waals surface area contributed by atoms with Crippen molar-refractivity contribution in [3.8, 4) is 0 Å². The van der Waals surface area contributed by atoms with Crippen molar-refractivity contribution in [2.45, 2.75) is 0 Å². The smallest absolute Gasteiger partial charge is 0.264 e. The fourth-order valence-electron chi connectivity index (χ4n) is 3.35. The molecule has 1 saturated heterocycles. The first-order valence-corrected chi connectivity index (χ1v) is 9.19. The predicted molar refractivity (Wildman–Crippen MR) is 99.0 cm³/mol. The van der Waals surface area contributed by atoms with Crippen molar-refractivity contribution in [2.75, 3.05) is 26.2 Å². The number of hydrogen-bond donors (Lipinski definition) is 0. The summed E-state index contributed by atoms with van der Waals surface area (Å²) in [5, 5.41) is 2.89. The molecule has 0 atom stereocenters. The molecule has 0 radical (unpaired) electrons. The second-order valence-electron chi connectivity index (χ2n) is 6.23. The Labute approximate surface area is 150 Å². The van der Waals surface area contributed by atoms with Crippen LogP contribution >= 0.6 is 11.3 Å². The number of nitrogens with zero attached hydrogens (tertiary/aromatic N) is 3. The van der Waals surface area contributed by atoms with Crippen molar-refractivity contribution in [2.24, 2.45) is 7.05 Å². The molecule has 128 valence electrons. The third kappa shape index (κ3) is 2.82. The van der Waals surface area contributed by atoms with E-state index in [9.17, 15) is 9.59 Å². The molecule has 0 aliphatic carbocycles. The van der Waals surface area contributed by atoms with Gasteiger partial charge in [-0.05, 0) is 17.5 Å². The van der Waals surface area contributed by atoms with Gasteiger partial charge in [-0.2, -0.15) is 0 Å². The summed E-state index contributed by atoms with van der Waals surface area (Å²) < 4.78 is 1.99. The van der Waals surface area contributed by atoms with Gasteiger partial charge in [-0.3, -0.25) is 9.59 Å². The van der Waals surface area contributed by atoms with Crippen LogP contribution in [0.5, 0.6) is 0 Å². The highest BCUT2D eigenvalue weighted by atomic mass is 32.1. The minimum absolute atomic E-state index is 0.0417. The summed E-state index contributed by atoms with van der Waals surface area (Å²) in [6.45, 7) is 2.29. The molecule has 3 aromatic rings. The largest absolute Gasteiger partial charge is 0.350 e. The average molecular weight is 353 g/mol. The first kappa shape index (κ1) is 15.9. The molecule has 1 aromatic carbocycles. The van der Waals surface area contributed by atoms with Gasteiger partial charge < -0.3 is 14.4 Å². The summed E-state index contributed by atoms with van der Waals surface area (Å²) >= 11 is 1.46. The minimum Gasteiger partial charge on any atom is -0.350 e. The molecule has 1 aliphatic rings. The van der Waals surface area contributed by atoms with Crippen LogP contribution in [-0.2, 0) is 7.05 Å². The van der Waals surface area contributed by atoms with Crippen molar-refractivity contribution >= 4 is 34.1 Å². The van der Waals surface area contributed by atoms with Crippen LogP contribution in [0.15, 0.2) is 48.0 Å². The molecule has 0 spiro atoms. The molecule has 1 fully saturated rings. The lowest BCUT2D eigenvalue weighted by molar-refractivity contribution is 0.0539. The molecule has 0 unspecified atom stereocenters. The molecule has 0 N–H and O–H groups in total. The molecule has 4 rings (SSSR count). The Hall–Kier alpha value is -2.60. The summed E-state index contributed by atoms with van der Waals surface area (Å²) in [7, 11) is 1.96. The summed E-state index contributed by atoms with van der Waals surface area (Å²) in [5.41, 5.74) is 1.79. The van der Waals surface area contributed by atoms with Crippen LogP contribution in [-0.4, -0.2) is 52.4 Å². The zero-order valence-electron chi connectivity index (χ0n) is 14.0. The molecule has 0 bridgehead atoms. The summed E-state index contributed by atoms with van der Waals surface area (Å²) in [5.74, 6) is 0.104. The van der Waals surface area contributed by atoms with Crippen LogP contribution < -0.4 is 0 Å². The van der Waals surface area contributed by atoms with Crippen LogP contribution in [0.4, 0.5) is 0 Å². The van der Waals surface area contributed by atoms with Gasteiger partial charge in [0.25, 0.3) is 11.8 Å². The molecule has 2 aromatic heterocycles. The van der Waals surface area contributed by atoms with Gasteiger partial charge in [0.15, 0.2) is 0 Å². The minimum atomic E-state index is 0.0417. The third-order valence-corrected chi connectivity index (χ3v) is 5.57. The normalized spacial score (nSPS) is 14.9. The van der Waals surface area contributed by atoms with Gasteiger partial charge in [-0.1, -0.05) is 24.3 Å². The van der Waals surface area contributed by atoms with E-state index in [2.05, 4.69) is 0 Å². The number of piperazine rings is 1. The molecule has 1 aliphatic heterocycles. The van der Waals surface area contributed by atoms with Gasteiger partial charge in [-0.25, -0.2) is 0 Å². The molecule has 0 saturated carbocycles. The number of hydrogen-bond acceptors (Lipinski definition) is 3. The second kappa shape index (κ2) is 6.37. The van der Waals surface area contributed by atoms with Gasteiger partial charge >= 0.3 is 0 Å². The van der Waals surface area contributed by atoms with Crippen molar-refractivity contribution in [1.29, 1.82) is 0 Å². The topological polar surface area (TPSA) is 45.6 Å². The number of rotatable bonds is 2. The number of fused-ring (bicyclic) bond motifs is 1. The number of aryl methyl sites for hydroxylation is 1. The van der Waals surface area contributed by atoms with Gasteiger partial charge in [-0.15, -0.1) is 11.3 Å². The summed E-state index contributed by atoms with van der Waals surface area (Å²) in [4.78, 5) is 29.8. The SMILES string of the molecule is Cn1cc(C(=O)N2CCN(C(=O)c3cccs3)CC2)c2ccccc21. The molecule has 2 amide bonds. The average Bonchev–Trinajstić information content (AvgIpc) is 3.30. The summed E-state index contributed by atoms with van der Waals surface area (Å²) in [6.07, 6.45) is 1.90. The number of aromatic nitrogens is 1. The standard InChI is InChI=1S/C19H19N3O2S/c1-20-13-15(14-5-2-3-6-16(14)20)18(23)21-8-10-22(11-9-21)19(24)17-7-4-12-25-17/h2-7,12-13H,8-11H2,1H3. The Kier molecular flexibility index (Phi) is 4.05. The Morgan fingerprint density at radius 3 is 2.28 bits per heavy atom. The van der Waals surface area contributed by atoms with Gasteiger partial charge in [0.1, 0.15) is 0 Å². The Bertz CT molecular complexity index is 921. The fraction of sp³-hybridized carbons (Fsp3) is 0.263. The van der Waals surface area contributed by atoms with Gasteiger partial charge in [0.2, 0.25) is 0 Å². The first-order valence-electron chi connectivity index (χ1n) is 8.31. The van der Waals surface area contributed by atoms with E-state index in [4.69, 9.17) is 0 Å². The monoisotopic (exact) mass is 353 g/mol. The maximum Gasteiger partial charge on any atom is 0.264 e. The van der Waals surface area contributed by atoms with E-state index < -0.39 is 0 Å². The van der Waals surface area contributed by atoms with Crippen molar-refractivity contribution in [1.82, 2.24) is 14.4 Å². The first-order chi connectivity index (χ1) is 12.1. The molecule has 5 nitrogen and oxygen atoms in total. The number of carbonyl (C=O) groups excluding carboxylic acids is 2. The summed E-state index contributed by atoms with van der Waals surface area (Å²) in [6, 6.07) is 11.7. The predicted octanol–water partition coefficient (Wildman–Crippen LogP) is 2.84. The van der Waals surface area contributed by atoms with E-state index in [1.165, 1.54) is 11.3 Å². The van der Waals surface area contributed by atoms with E-state index in [-0.39, 0.29) is 11.8 Å². The molecule has 3 heterocycles. The lowest BCUT2D eigenvalue weighted by atomic mass is 10.1. The lowest BCUT2D eigenvalue weighted by Gasteiger charge is -2.34. The van der Waals surface area contributed by atoms with Gasteiger partial charge in [0, 0.05) is 50.3 Å².